The molecule has 0 fully saturated rings. The molecule has 0 spiro atoms. The zero-order chi connectivity index (χ0) is 15.0. The first kappa shape index (κ1) is 14.1. The molecule has 21 heavy (non-hydrogen) atoms. The predicted octanol–water partition coefficient (Wildman–Crippen LogP) is 4.11. The van der Waals surface area contributed by atoms with Gasteiger partial charge in [-0.05, 0) is 37.8 Å². The maximum absolute atomic E-state index is 13.8. The summed E-state index contributed by atoms with van der Waals surface area (Å²) < 4.78 is 54.3. The third kappa shape index (κ3) is 2.32. The number of halogens is 4. The van der Waals surface area contributed by atoms with Gasteiger partial charge in [0, 0.05) is 11.3 Å². The Morgan fingerprint density at radius 2 is 1.71 bits per heavy atom. The summed E-state index contributed by atoms with van der Waals surface area (Å²) in [5.41, 5.74) is 0.765. The molecule has 0 N–H and O–H groups in total. The fourth-order valence-corrected chi connectivity index (χ4v) is 2.75. The van der Waals surface area contributed by atoms with Crippen molar-refractivity contribution in [2.75, 3.05) is 0 Å². The van der Waals surface area contributed by atoms with Crippen LogP contribution in [0.5, 0.6) is 0 Å². The zero-order valence-electron chi connectivity index (χ0n) is 11.2. The van der Waals surface area contributed by atoms with Gasteiger partial charge in [-0.3, -0.25) is 0 Å². The zero-order valence-corrected chi connectivity index (χ0v) is 11.2. The van der Waals surface area contributed by atoms with E-state index in [0.29, 0.717) is 24.2 Å². The lowest BCUT2D eigenvalue weighted by Gasteiger charge is -2.17. The van der Waals surface area contributed by atoms with Crippen molar-refractivity contribution >= 4 is 0 Å². The van der Waals surface area contributed by atoms with Crippen LogP contribution < -0.4 is 0 Å². The first-order chi connectivity index (χ1) is 10.0. The molecule has 1 heterocycles. The second kappa shape index (κ2) is 5.16. The second-order valence-electron chi connectivity index (χ2n) is 5.15. The van der Waals surface area contributed by atoms with Crippen LogP contribution in [0.3, 0.4) is 0 Å². The maximum atomic E-state index is 13.8. The van der Waals surface area contributed by atoms with Gasteiger partial charge in [0.05, 0.1) is 5.69 Å². The van der Waals surface area contributed by atoms with E-state index >= 15 is 0 Å². The largest absolute Gasteiger partial charge is 0.351 e. The van der Waals surface area contributed by atoms with E-state index in [4.69, 9.17) is 0 Å². The fourth-order valence-electron chi connectivity index (χ4n) is 2.75. The first-order valence-electron chi connectivity index (χ1n) is 6.84. The molecule has 0 amide bonds. The van der Waals surface area contributed by atoms with Crippen LogP contribution in [0, 0.1) is 0 Å². The van der Waals surface area contributed by atoms with Gasteiger partial charge in [0.1, 0.15) is 5.69 Å². The molecule has 1 aromatic carbocycles. The van der Waals surface area contributed by atoms with Gasteiger partial charge < -0.3 is 0 Å². The summed E-state index contributed by atoms with van der Waals surface area (Å²) in [6.45, 7) is 0. The molecule has 0 aliphatic heterocycles. The van der Waals surface area contributed by atoms with Crippen molar-refractivity contribution in [3.8, 4) is 5.69 Å². The Bertz CT molecular complexity index is 635. The summed E-state index contributed by atoms with van der Waals surface area (Å²) in [7, 11) is 0. The van der Waals surface area contributed by atoms with Gasteiger partial charge >= 0.3 is 12.3 Å². The number of nitrogens with zero attached hydrogens (tertiary/aromatic N) is 2. The minimum absolute atomic E-state index is 0.287. The Labute approximate surface area is 119 Å². The summed E-state index contributed by atoms with van der Waals surface area (Å²) in [5.74, 6) is -4.21. The molecule has 0 atom stereocenters. The molecule has 2 aromatic rings. The van der Waals surface area contributed by atoms with E-state index < -0.39 is 18.0 Å². The van der Waals surface area contributed by atoms with Gasteiger partial charge in [-0.2, -0.15) is 13.9 Å². The minimum atomic E-state index is -4.21. The van der Waals surface area contributed by atoms with E-state index in [1.54, 1.807) is 30.3 Å². The highest BCUT2D eigenvalue weighted by Crippen LogP contribution is 2.39. The predicted molar refractivity (Wildman–Crippen MR) is 70.1 cm³/mol. The molecule has 0 bridgehead atoms. The van der Waals surface area contributed by atoms with E-state index in [2.05, 4.69) is 5.10 Å². The summed E-state index contributed by atoms with van der Waals surface area (Å²) in [5, 5.41) is 3.84. The van der Waals surface area contributed by atoms with E-state index in [-0.39, 0.29) is 5.56 Å². The highest BCUT2D eigenvalue weighted by molar-refractivity contribution is 5.40. The molecule has 1 aliphatic carbocycles. The van der Waals surface area contributed by atoms with Crippen molar-refractivity contribution in [1.29, 1.82) is 0 Å². The summed E-state index contributed by atoms with van der Waals surface area (Å²) in [6, 6.07) is 8.78. The standard InChI is InChI=1S/C15H14F4N2/c16-14(17)15(18,19)13-11-8-4-5-9-12(11)21(20-13)10-6-2-1-3-7-10/h1-3,6-7,14H,4-5,8-9H2. The van der Waals surface area contributed by atoms with Gasteiger partial charge in [0.15, 0.2) is 0 Å². The average molecular weight is 298 g/mol. The quantitative estimate of drug-likeness (QED) is 0.780. The monoisotopic (exact) mass is 298 g/mol. The van der Waals surface area contributed by atoms with Crippen molar-refractivity contribution in [1.82, 2.24) is 9.78 Å². The fraction of sp³-hybridized carbons (Fsp3) is 0.400. The molecular weight excluding hydrogens is 284 g/mol. The van der Waals surface area contributed by atoms with Crippen LogP contribution in [0.1, 0.15) is 29.8 Å². The van der Waals surface area contributed by atoms with E-state index in [1.165, 1.54) is 4.68 Å². The number of rotatable bonds is 3. The first-order valence-corrected chi connectivity index (χ1v) is 6.84. The maximum Gasteiger partial charge on any atom is 0.351 e. The Balaban J connectivity index is 2.17. The Hall–Kier alpha value is -1.85. The van der Waals surface area contributed by atoms with Crippen LogP contribution in [0.15, 0.2) is 30.3 Å². The van der Waals surface area contributed by atoms with E-state index in [0.717, 1.165) is 12.8 Å². The summed E-state index contributed by atoms with van der Waals surface area (Å²) >= 11 is 0. The van der Waals surface area contributed by atoms with Gasteiger partial charge in [0.2, 0.25) is 0 Å². The molecule has 1 aromatic heterocycles. The summed E-state index contributed by atoms with van der Waals surface area (Å²) in [4.78, 5) is 0. The van der Waals surface area contributed by atoms with Crippen LogP contribution in [0.4, 0.5) is 17.6 Å². The minimum Gasteiger partial charge on any atom is -0.237 e. The molecule has 0 saturated heterocycles. The SMILES string of the molecule is FC(F)C(F)(F)c1nn(-c2ccccc2)c2c1CCCC2. The lowest BCUT2D eigenvalue weighted by atomic mass is 9.94. The molecule has 0 unspecified atom stereocenters. The molecule has 2 nitrogen and oxygen atoms in total. The van der Waals surface area contributed by atoms with Crippen LogP contribution in [-0.2, 0) is 18.8 Å². The highest BCUT2D eigenvalue weighted by atomic mass is 19.3. The number of aromatic nitrogens is 2. The number of hydrogen-bond acceptors (Lipinski definition) is 1. The molecule has 3 rings (SSSR count). The molecular formula is C15H14F4N2. The lowest BCUT2D eigenvalue weighted by molar-refractivity contribution is -0.138. The number of benzene rings is 1. The third-order valence-corrected chi connectivity index (χ3v) is 3.77. The van der Waals surface area contributed by atoms with Gasteiger partial charge in [0.25, 0.3) is 0 Å². The smallest absolute Gasteiger partial charge is 0.237 e. The highest BCUT2D eigenvalue weighted by Gasteiger charge is 2.48. The molecule has 6 heteroatoms. The van der Waals surface area contributed by atoms with E-state index in [9.17, 15) is 17.6 Å². The third-order valence-electron chi connectivity index (χ3n) is 3.77. The number of hydrogen-bond donors (Lipinski definition) is 0. The molecule has 0 saturated carbocycles. The van der Waals surface area contributed by atoms with E-state index in [1.807, 2.05) is 0 Å². The number of fused-ring (bicyclic) bond motifs is 1. The molecule has 1 aliphatic rings. The van der Waals surface area contributed by atoms with Crippen molar-refractivity contribution < 1.29 is 17.6 Å². The van der Waals surface area contributed by atoms with Gasteiger partial charge in [-0.1, -0.05) is 18.2 Å². The Morgan fingerprint density at radius 3 is 2.38 bits per heavy atom. The van der Waals surface area contributed by atoms with Crippen molar-refractivity contribution in [3.05, 3.63) is 47.3 Å². The Morgan fingerprint density at radius 1 is 1.05 bits per heavy atom. The lowest BCUT2D eigenvalue weighted by Crippen LogP contribution is -2.26. The topological polar surface area (TPSA) is 17.8 Å². The van der Waals surface area contributed by atoms with Gasteiger partial charge in [-0.25, -0.2) is 13.5 Å². The van der Waals surface area contributed by atoms with Crippen LogP contribution in [0.2, 0.25) is 0 Å². The summed E-state index contributed by atoms with van der Waals surface area (Å²) in [6.07, 6.45) is -1.22. The average Bonchev–Trinajstić information content (AvgIpc) is 2.88. The van der Waals surface area contributed by atoms with Crippen molar-refractivity contribution in [2.45, 2.75) is 38.0 Å². The number of alkyl halides is 4. The normalized spacial score (nSPS) is 15.3. The molecule has 0 radical (unpaired) electrons. The van der Waals surface area contributed by atoms with Gasteiger partial charge in [-0.15, -0.1) is 0 Å². The van der Waals surface area contributed by atoms with Crippen molar-refractivity contribution in [2.24, 2.45) is 0 Å². The van der Waals surface area contributed by atoms with Crippen LogP contribution in [-0.4, -0.2) is 16.2 Å². The second-order valence-corrected chi connectivity index (χ2v) is 5.15. The Kier molecular flexibility index (Phi) is 3.47. The van der Waals surface area contributed by atoms with Crippen molar-refractivity contribution in [3.63, 3.8) is 0 Å². The van der Waals surface area contributed by atoms with Crippen LogP contribution >= 0.6 is 0 Å². The number of para-hydroxylation sites is 1. The van der Waals surface area contributed by atoms with Crippen LogP contribution in [0.25, 0.3) is 5.69 Å². The molecule has 112 valence electrons.